The monoisotopic (exact) mass is 354 g/mol. The summed E-state index contributed by atoms with van der Waals surface area (Å²) < 4.78 is 0.943. The fourth-order valence-corrected chi connectivity index (χ4v) is 2.42. The van der Waals surface area contributed by atoms with E-state index in [2.05, 4.69) is 21.2 Å². The number of nitrogens with two attached hydrogens (primary N) is 1. The smallest absolute Gasteiger partial charge is 0.106 e. The molecule has 0 aliphatic heterocycles. The van der Waals surface area contributed by atoms with Crippen LogP contribution in [0.5, 0.6) is 0 Å². The maximum atomic E-state index is 6.18. The first-order valence-corrected chi connectivity index (χ1v) is 7.18. The first kappa shape index (κ1) is 14.3. The van der Waals surface area contributed by atoms with Crippen LogP contribution >= 0.6 is 39.7 Å². The lowest BCUT2D eigenvalue weighted by molar-refractivity contribution is 1.44. The standard InChI is InChI=1S/C14H12BrClN2S/c1-8-2-5-11(16)13(6-8)18-12-7-9(15)3-4-10(12)14(17)19/h2-7,18H,1H3,(H2,17,19). The second kappa shape index (κ2) is 5.90. The molecule has 0 fully saturated rings. The third-order valence-corrected chi connectivity index (χ3v) is 3.68. The van der Waals surface area contributed by atoms with E-state index in [1.807, 2.05) is 43.3 Å². The Bertz CT molecular complexity index is 643. The van der Waals surface area contributed by atoms with E-state index in [0.717, 1.165) is 27.0 Å². The number of thiocarbonyl (C=S) groups is 1. The predicted octanol–water partition coefficient (Wildman–Crippen LogP) is 4.79. The summed E-state index contributed by atoms with van der Waals surface area (Å²) in [5.74, 6) is 0. The van der Waals surface area contributed by atoms with Crippen LogP contribution in [-0.4, -0.2) is 4.99 Å². The van der Waals surface area contributed by atoms with Crippen LogP contribution in [0, 0.1) is 6.92 Å². The Morgan fingerprint density at radius 2 is 1.95 bits per heavy atom. The first-order chi connectivity index (χ1) is 8.97. The summed E-state index contributed by atoms with van der Waals surface area (Å²) in [5, 5.41) is 3.93. The van der Waals surface area contributed by atoms with Crippen LogP contribution in [0.2, 0.25) is 5.02 Å². The van der Waals surface area contributed by atoms with E-state index in [1.54, 1.807) is 0 Å². The van der Waals surface area contributed by atoms with E-state index in [1.165, 1.54) is 0 Å². The van der Waals surface area contributed by atoms with Crippen molar-refractivity contribution in [2.45, 2.75) is 6.92 Å². The minimum Gasteiger partial charge on any atom is -0.389 e. The van der Waals surface area contributed by atoms with Crippen molar-refractivity contribution in [2.75, 3.05) is 5.32 Å². The van der Waals surface area contributed by atoms with Gasteiger partial charge >= 0.3 is 0 Å². The number of rotatable bonds is 3. The molecule has 5 heteroatoms. The van der Waals surface area contributed by atoms with Gasteiger partial charge in [0.2, 0.25) is 0 Å². The molecule has 3 N–H and O–H groups in total. The molecule has 0 bridgehead atoms. The Labute approximate surface area is 131 Å². The van der Waals surface area contributed by atoms with Gasteiger partial charge in [-0.15, -0.1) is 0 Å². The van der Waals surface area contributed by atoms with Crippen molar-refractivity contribution in [3.05, 3.63) is 57.0 Å². The van der Waals surface area contributed by atoms with Crippen LogP contribution in [-0.2, 0) is 0 Å². The lowest BCUT2D eigenvalue weighted by atomic mass is 10.1. The highest BCUT2D eigenvalue weighted by Crippen LogP contribution is 2.30. The van der Waals surface area contributed by atoms with Gasteiger partial charge in [-0.05, 0) is 42.8 Å². The minimum atomic E-state index is 0.346. The molecule has 0 aromatic heterocycles. The van der Waals surface area contributed by atoms with Crippen molar-refractivity contribution in [1.82, 2.24) is 0 Å². The van der Waals surface area contributed by atoms with Crippen LogP contribution in [0.3, 0.4) is 0 Å². The second-order valence-electron chi connectivity index (χ2n) is 4.16. The van der Waals surface area contributed by atoms with Crippen LogP contribution in [0.1, 0.15) is 11.1 Å². The maximum Gasteiger partial charge on any atom is 0.106 e. The molecule has 0 aliphatic carbocycles. The van der Waals surface area contributed by atoms with Crippen molar-refractivity contribution >= 4 is 56.1 Å². The van der Waals surface area contributed by atoms with Crippen molar-refractivity contribution in [3.8, 4) is 0 Å². The van der Waals surface area contributed by atoms with Gasteiger partial charge in [0.05, 0.1) is 10.7 Å². The van der Waals surface area contributed by atoms with E-state index in [9.17, 15) is 0 Å². The highest BCUT2D eigenvalue weighted by Gasteiger charge is 2.08. The Balaban J connectivity index is 2.45. The highest BCUT2D eigenvalue weighted by molar-refractivity contribution is 9.10. The van der Waals surface area contributed by atoms with E-state index in [-0.39, 0.29) is 0 Å². The summed E-state index contributed by atoms with van der Waals surface area (Å²) in [6.45, 7) is 2.01. The van der Waals surface area contributed by atoms with Gasteiger partial charge in [0.25, 0.3) is 0 Å². The van der Waals surface area contributed by atoms with Gasteiger partial charge in [-0.2, -0.15) is 0 Å². The molecule has 0 unspecified atom stereocenters. The van der Waals surface area contributed by atoms with Crippen LogP contribution in [0.15, 0.2) is 40.9 Å². The van der Waals surface area contributed by atoms with Crippen LogP contribution in [0.4, 0.5) is 11.4 Å². The minimum absolute atomic E-state index is 0.346. The largest absolute Gasteiger partial charge is 0.389 e. The topological polar surface area (TPSA) is 38.0 Å². The van der Waals surface area contributed by atoms with Gasteiger partial charge < -0.3 is 11.1 Å². The molecule has 0 radical (unpaired) electrons. The summed E-state index contributed by atoms with van der Waals surface area (Å²) in [4.78, 5) is 0.346. The maximum absolute atomic E-state index is 6.18. The molecular formula is C14H12BrClN2S. The summed E-state index contributed by atoms with van der Waals surface area (Å²) in [6, 6.07) is 11.5. The molecule has 2 aromatic carbocycles. The summed E-state index contributed by atoms with van der Waals surface area (Å²) in [6.07, 6.45) is 0. The number of anilines is 2. The zero-order valence-electron chi connectivity index (χ0n) is 10.2. The molecule has 2 aromatic rings. The van der Waals surface area contributed by atoms with E-state index >= 15 is 0 Å². The summed E-state index contributed by atoms with van der Waals surface area (Å²) in [5.41, 5.74) is 9.30. The average Bonchev–Trinajstić information content (AvgIpc) is 2.33. The van der Waals surface area contributed by atoms with Crippen LogP contribution < -0.4 is 11.1 Å². The number of halogens is 2. The van der Waals surface area contributed by atoms with Gasteiger partial charge in [-0.25, -0.2) is 0 Å². The third kappa shape index (κ3) is 3.47. The molecule has 0 aliphatic rings. The molecule has 0 atom stereocenters. The van der Waals surface area contributed by atoms with Gasteiger partial charge in [0.15, 0.2) is 0 Å². The molecule has 19 heavy (non-hydrogen) atoms. The Kier molecular flexibility index (Phi) is 4.45. The number of benzene rings is 2. The first-order valence-electron chi connectivity index (χ1n) is 5.60. The van der Waals surface area contributed by atoms with Gasteiger partial charge in [-0.3, -0.25) is 0 Å². The Hall–Kier alpha value is -1.10. The van der Waals surface area contributed by atoms with Gasteiger partial charge in [0, 0.05) is 15.7 Å². The van der Waals surface area contributed by atoms with Gasteiger partial charge in [-0.1, -0.05) is 45.8 Å². The third-order valence-electron chi connectivity index (χ3n) is 2.64. The van der Waals surface area contributed by atoms with Crippen molar-refractivity contribution in [2.24, 2.45) is 5.73 Å². The Morgan fingerprint density at radius 3 is 2.63 bits per heavy atom. The average molecular weight is 356 g/mol. The molecule has 0 heterocycles. The highest BCUT2D eigenvalue weighted by atomic mass is 79.9. The molecule has 2 rings (SSSR count). The molecule has 2 nitrogen and oxygen atoms in total. The molecule has 98 valence electrons. The molecular weight excluding hydrogens is 344 g/mol. The van der Waals surface area contributed by atoms with E-state index in [4.69, 9.17) is 29.6 Å². The second-order valence-corrected chi connectivity index (χ2v) is 5.93. The number of hydrogen-bond donors (Lipinski definition) is 2. The van der Waals surface area contributed by atoms with Crippen molar-refractivity contribution in [3.63, 3.8) is 0 Å². The zero-order chi connectivity index (χ0) is 14.0. The quantitative estimate of drug-likeness (QED) is 0.778. The predicted molar refractivity (Wildman–Crippen MR) is 89.5 cm³/mol. The van der Waals surface area contributed by atoms with Crippen molar-refractivity contribution < 1.29 is 0 Å². The molecule has 0 spiro atoms. The lowest BCUT2D eigenvalue weighted by Crippen LogP contribution is -2.12. The van der Waals surface area contributed by atoms with Gasteiger partial charge in [0.1, 0.15) is 4.99 Å². The number of nitrogens with one attached hydrogen (secondary N) is 1. The fraction of sp³-hybridized carbons (Fsp3) is 0.0714. The SMILES string of the molecule is Cc1ccc(Cl)c(Nc2cc(Br)ccc2C(N)=S)c1. The summed E-state index contributed by atoms with van der Waals surface area (Å²) >= 11 is 14.7. The zero-order valence-corrected chi connectivity index (χ0v) is 13.4. The molecule has 0 saturated carbocycles. The normalized spacial score (nSPS) is 10.3. The molecule has 0 saturated heterocycles. The Morgan fingerprint density at radius 1 is 1.21 bits per heavy atom. The van der Waals surface area contributed by atoms with Crippen molar-refractivity contribution in [1.29, 1.82) is 0 Å². The number of aryl methyl sites for hydroxylation is 1. The van der Waals surface area contributed by atoms with E-state index in [0.29, 0.717) is 10.0 Å². The van der Waals surface area contributed by atoms with Crippen LogP contribution in [0.25, 0.3) is 0 Å². The summed E-state index contributed by atoms with van der Waals surface area (Å²) in [7, 11) is 0. The fourth-order valence-electron chi connectivity index (χ4n) is 1.71. The molecule has 0 amide bonds. The number of hydrogen-bond acceptors (Lipinski definition) is 2. The van der Waals surface area contributed by atoms with E-state index < -0.39 is 0 Å². The lowest BCUT2D eigenvalue weighted by Gasteiger charge is -2.13.